The number of carbonyl (C=O) groups excluding carboxylic acids is 1. The van der Waals surface area contributed by atoms with Crippen LogP contribution in [0.3, 0.4) is 0 Å². The average molecular weight is 328 g/mol. The molecule has 2 rings (SSSR count). The van der Waals surface area contributed by atoms with Gasteiger partial charge in [0, 0.05) is 30.3 Å². The number of nitrogens with zero attached hydrogens (tertiary/aromatic N) is 2. The van der Waals surface area contributed by atoms with Crippen LogP contribution < -0.4 is 5.73 Å². The van der Waals surface area contributed by atoms with Crippen molar-refractivity contribution in [1.29, 1.82) is 0 Å². The summed E-state index contributed by atoms with van der Waals surface area (Å²) in [7, 11) is 0. The summed E-state index contributed by atoms with van der Waals surface area (Å²) in [6.45, 7) is 5.70. The van der Waals surface area contributed by atoms with Gasteiger partial charge in [-0.3, -0.25) is 14.9 Å². The molecule has 6 nitrogen and oxygen atoms in total. The Morgan fingerprint density at radius 2 is 2.18 bits per heavy atom. The highest BCUT2D eigenvalue weighted by molar-refractivity contribution is 5.95. The van der Waals surface area contributed by atoms with Crippen LogP contribution in [0.2, 0.25) is 0 Å². The third-order valence-electron chi connectivity index (χ3n) is 4.25. The smallest absolute Gasteiger partial charge is 0.273 e. The molecule has 1 aromatic carbocycles. The molecule has 0 bridgehead atoms. The molecule has 1 unspecified atom stereocenters. The largest absolute Gasteiger partial charge is 0.338 e. The molecule has 122 valence electrons. The van der Waals surface area contributed by atoms with Gasteiger partial charge < -0.3 is 10.6 Å². The van der Waals surface area contributed by atoms with Gasteiger partial charge in [-0.25, -0.2) is 0 Å². The first-order valence-electron chi connectivity index (χ1n) is 7.17. The van der Waals surface area contributed by atoms with Gasteiger partial charge in [0.1, 0.15) is 0 Å². The molecule has 0 saturated carbocycles. The van der Waals surface area contributed by atoms with Crippen molar-refractivity contribution in [2.24, 2.45) is 11.1 Å². The third-order valence-corrected chi connectivity index (χ3v) is 4.25. The summed E-state index contributed by atoms with van der Waals surface area (Å²) in [4.78, 5) is 24.9. The predicted molar refractivity (Wildman–Crippen MR) is 87.4 cm³/mol. The number of rotatable bonds is 4. The van der Waals surface area contributed by atoms with E-state index in [1.54, 1.807) is 17.0 Å². The van der Waals surface area contributed by atoms with E-state index in [1.807, 2.05) is 6.92 Å². The van der Waals surface area contributed by atoms with Crippen LogP contribution in [0.15, 0.2) is 18.2 Å². The highest BCUT2D eigenvalue weighted by Gasteiger charge is 2.35. The molecule has 1 saturated heterocycles. The van der Waals surface area contributed by atoms with Crippen molar-refractivity contribution < 1.29 is 9.72 Å². The van der Waals surface area contributed by atoms with E-state index in [4.69, 9.17) is 5.73 Å². The predicted octanol–water partition coefficient (Wildman–Crippen LogP) is 2.39. The van der Waals surface area contributed by atoms with E-state index in [1.165, 1.54) is 6.07 Å². The van der Waals surface area contributed by atoms with Gasteiger partial charge in [0.05, 0.1) is 4.92 Å². The van der Waals surface area contributed by atoms with Crippen LogP contribution in [0.25, 0.3) is 0 Å². The Kier molecular flexibility index (Phi) is 5.91. The Morgan fingerprint density at radius 1 is 1.50 bits per heavy atom. The molecule has 7 heteroatoms. The zero-order valence-electron chi connectivity index (χ0n) is 12.9. The number of carbonyl (C=O) groups is 1. The monoisotopic (exact) mass is 327 g/mol. The van der Waals surface area contributed by atoms with E-state index in [-0.39, 0.29) is 29.4 Å². The second-order valence-corrected chi connectivity index (χ2v) is 5.95. The van der Waals surface area contributed by atoms with Crippen molar-refractivity contribution in [2.75, 3.05) is 19.6 Å². The summed E-state index contributed by atoms with van der Waals surface area (Å²) >= 11 is 0. The summed E-state index contributed by atoms with van der Waals surface area (Å²) in [5.41, 5.74) is 6.73. The molecule has 0 aromatic heterocycles. The average Bonchev–Trinajstić information content (AvgIpc) is 2.89. The number of hydrogen-bond acceptors (Lipinski definition) is 4. The number of halogens is 1. The molecule has 0 radical (unpaired) electrons. The lowest BCUT2D eigenvalue weighted by Crippen LogP contribution is -2.34. The van der Waals surface area contributed by atoms with E-state index in [0.29, 0.717) is 37.2 Å². The molecular weight excluding hydrogens is 306 g/mol. The number of nitro benzene ring substituents is 1. The Labute approximate surface area is 136 Å². The molecule has 1 aliphatic rings. The summed E-state index contributed by atoms with van der Waals surface area (Å²) in [5, 5.41) is 11.1. The molecule has 2 N–H and O–H groups in total. The third kappa shape index (κ3) is 3.56. The lowest BCUT2D eigenvalue weighted by Gasteiger charge is -2.22. The number of aryl methyl sites for hydroxylation is 1. The second kappa shape index (κ2) is 7.07. The number of likely N-dealkylation sites (tertiary alicyclic amines) is 1. The van der Waals surface area contributed by atoms with Gasteiger partial charge in [0.25, 0.3) is 11.6 Å². The van der Waals surface area contributed by atoms with Crippen LogP contribution in [0.5, 0.6) is 0 Å². The van der Waals surface area contributed by atoms with Gasteiger partial charge in [-0.05, 0) is 30.9 Å². The molecule has 0 aliphatic carbocycles. The Hall–Kier alpha value is -1.66. The fourth-order valence-corrected chi connectivity index (χ4v) is 2.71. The van der Waals surface area contributed by atoms with Crippen molar-refractivity contribution in [3.63, 3.8) is 0 Å². The fraction of sp³-hybridized carbons (Fsp3) is 0.533. The number of hydrogen-bond donors (Lipinski definition) is 1. The van der Waals surface area contributed by atoms with Crippen molar-refractivity contribution in [2.45, 2.75) is 26.7 Å². The normalized spacial score (nSPS) is 20.6. The van der Waals surface area contributed by atoms with Crippen LogP contribution in [0.4, 0.5) is 5.69 Å². The standard InChI is InChI=1S/C15H21N3O3.ClH/c1-3-11-4-5-12(8-13(11)18(20)21)14(19)17-7-6-15(2,9-16)10-17;/h4-5,8H,3,6-7,9-10,16H2,1-2H3;1H. The Morgan fingerprint density at radius 3 is 2.68 bits per heavy atom. The maximum atomic E-state index is 12.5. The highest BCUT2D eigenvalue weighted by Crippen LogP contribution is 2.30. The molecule has 1 amide bonds. The molecule has 1 fully saturated rings. The van der Waals surface area contributed by atoms with Crippen LogP contribution in [-0.4, -0.2) is 35.4 Å². The number of nitrogens with two attached hydrogens (primary N) is 1. The Balaban J connectivity index is 0.00000242. The van der Waals surface area contributed by atoms with Gasteiger partial charge in [-0.15, -0.1) is 12.4 Å². The lowest BCUT2D eigenvalue weighted by atomic mass is 9.90. The first-order chi connectivity index (χ1) is 9.90. The lowest BCUT2D eigenvalue weighted by molar-refractivity contribution is -0.385. The van der Waals surface area contributed by atoms with Gasteiger partial charge in [0.2, 0.25) is 0 Å². The van der Waals surface area contributed by atoms with E-state index >= 15 is 0 Å². The molecule has 1 aromatic rings. The number of nitro groups is 1. The highest BCUT2D eigenvalue weighted by atomic mass is 35.5. The van der Waals surface area contributed by atoms with E-state index in [2.05, 4.69) is 6.92 Å². The second-order valence-electron chi connectivity index (χ2n) is 5.95. The van der Waals surface area contributed by atoms with Crippen LogP contribution in [0, 0.1) is 15.5 Å². The number of benzene rings is 1. The van der Waals surface area contributed by atoms with Crippen LogP contribution >= 0.6 is 12.4 Å². The SMILES string of the molecule is CCc1ccc(C(=O)N2CCC(C)(CN)C2)cc1[N+](=O)[O-].Cl. The summed E-state index contributed by atoms with van der Waals surface area (Å²) in [5.74, 6) is -0.155. The molecule has 0 spiro atoms. The number of amides is 1. The van der Waals surface area contributed by atoms with Crippen LogP contribution in [-0.2, 0) is 6.42 Å². The first-order valence-corrected chi connectivity index (χ1v) is 7.17. The molecule has 1 aliphatic heterocycles. The maximum absolute atomic E-state index is 12.5. The molecular formula is C15H22ClN3O3. The van der Waals surface area contributed by atoms with Crippen molar-refractivity contribution in [3.05, 3.63) is 39.4 Å². The van der Waals surface area contributed by atoms with E-state index in [9.17, 15) is 14.9 Å². The minimum Gasteiger partial charge on any atom is -0.338 e. The van der Waals surface area contributed by atoms with Crippen molar-refractivity contribution in [1.82, 2.24) is 4.90 Å². The van der Waals surface area contributed by atoms with Crippen molar-refractivity contribution >= 4 is 24.0 Å². The minimum absolute atomic E-state index is 0. The quantitative estimate of drug-likeness (QED) is 0.679. The summed E-state index contributed by atoms with van der Waals surface area (Å²) < 4.78 is 0. The molecule has 1 heterocycles. The zero-order valence-corrected chi connectivity index (χ0v) is 13.7. The molecule has 22 heavy (non-hydrogen) atoms. The van der Waals surface area contributed by atoms with Crippen LogP contribution in [0.1, 0.15) is 36.2 Å². The van der Waals surface area contributed by atoms with Crippen molar-refractivity contribution in [3.8, 4) is 0 Å². The summed E-state index contributed by atoms with van der Waals surface area (Å²) in [6.07, 6.45) is 1.43. The first kappa shape index (κ1) is 18.4. The fourth-order valence-electron chi connectivity index (χ4n) is 2.71. The zero-order chi connectivity index (χ0) is 15.6. The Bertz CT molecular complexity index is 579. The molecule has 1 atom stereocenters. The van der Waals surface area contributed by atoms with Gasteiger partial charge in [0.15, 0.2) is 0 Å². The van der Waals surface area contributed by atoms with Gasteiger partial charge in [-0.1, -0.05) is 19.9 Å². The van der Waals surface area contributed by atoms with Gasteiger partial charge >= 0.3 is 0 Å². The topological polar surface area (TPSA) is 89.5 Å². The summed E-state index contributed by atoms with van der Waals surface area (Å²) in [6, 6.07) is 4.73. The minimum atomic E-state index is -0.427. The van der Waals surface area contributed by atoms with E-state index < -0.39 is 4.92 Å². The van der Waals surface area contributed by atoms with E-state index in [0.717, 1.165) is 6.42 Å². The maximum Gasteiger partial charge on any atom is 0.273 e. The van der Waals surface area contributed by atoms with Gasteiger partial charge in [-0.2, -0.15) is 0 Å².